The monoisotopic (exact) mass is 271 g/mol. The van der Waals surface area contributed by atoms with Crippen LogP contribution in [0.4, 0.5) is 11.6 Å². The number of pyridine rings is 1. The van der Waals surface area contributed by atoms with Crippen LogP contribution < -0.4 is 10.2 Å². The second kappa shape index (κ2) is 6.32. The summed E-state index contributed by atoms with van der Waals surface area (Å²) in [5.74, 6) is 2.53. The number of hydrogen-bond donors (Lipinski definition) is 1. The molecule has 0 aromatic carbocycles. The second-order valence-corrected chi connectivity index (χ2v) is 4.69. The van der Waals surface area contributed by atoms with Gasteiger partial charge in [0.1, 0.15) is 17.5 Å². The van der Waals surface area contributed by atoms with Gasteiger partial charge in [0.15, 0.2) is 0 Å². The first-order valence-corrected chi connectivity index (χ1v) is 6.83. The summed E-state index contributed by atoms with van der Waals surface area (Å²) in [6, 6.07) is 8.05. The second-order valence-electron chi connectivity index (χ2n) is 4.69. The fraction of sp³-hybridized carbons (Fsp3) is 0.400. The molecule has 1 N–H and O–H groups in total. The van der Waals surface area contributed by atoms with Crippen molar-refractivity contribution in [1.29, 1.82) is 0 Å². The molecule has 0 saturated carbocycles. The minimum Gasteiger partial charge on any atom is -0.373 e. The van der Waals surface area contributed by atoms with E-state index in [0.717, 1.165) is 41.9 Å². The summed E-state index contributed by atoms with van der Waals surface area (Å²) in [6.45, 7) is 7.65. The maximum absolute atomic E-state index is 4.55. The summed E-state index contributed by atoms with van der Waals surface area (Å²) in [6.07, 6.45) is 0. The van der Waals surface area contributed by atoms with E-state index in [2.05, 4.69) is 32.1 Å². The molecule has 5 nitrogen and oxygen atoms in total. The number of aromatic nitrogens is 3. The SMILES string of the molecule is CCN(Cc1cccc(C)n1)c1cc(NC)nc(C)n1. The van der Waals surface area contributed by atoms with Gasteiger partial charge in [0, 0.05) is 25.4 Å². The van der Waals surface area contributed by atoms with Crippen LogP contribution in [-0.4, -0.2) is 28.5 Å². The van der Waals surface area contributed by atoms with E-state index in [1.165, 1.54) is 0 Å². The Morgan fingerprint density at radius 2 is 1.95 bits per heavy atom. The van der Waals surface area contributed by atoms with Crippen LogP contribution in [0.15, 0.2) is 24.3 Å². The Hall–Kier alpha value is -2.17. The third kappa shape index (κ3) is 3.44. The first-order valence-electron chi connectivity index (χ1n) is 6.83. The summed E-state index contributed by atoms with van der Waals surface area (Å²) in [7, 11) is 1.87. The molecule has 5 heteroatoms. The van der Waals surface area contributed by atoms with Crippen LogP contribution in [0, 0.1) is 13.8 Å². The number of nitrogens with one attached hydrogen (secondary N) is 1. The standard InChI is InChI=1S/C15H21N5/c1-5-20(10-13-8-6-7-11(2)17-13)15-9-14(16-4)18-12(3)19-15/h6-9H,5,10H2,1-4H3,(H,16,18,19). The molecular weight excluding hydrogens is 250 g/mol. The molecule has 2 aromatic rings. The molecule has 2 rings (SSSR count). The molecule has 0 unspecified atom stereocenters. The van der Waals surface area contributed by atoms with E-state index < -0.39 is 0 Å². The summed E-state index contributed by atoms with van der Waals surface area (Å²) < 4.78 is 0. The fourth-order valence-electron chi connectivity index (χ4n) is 2.08. The number of nitrogens with zero attached hydrogens (tertiary/aromatic N) is 4. The lowest BCUT2D eigenvalue weighted by molar-refractivity contribution is 0.784. The van der Waals surface area contributed by atoms with Gasteiger partial charge >= 0.3 is 0 Å². The van der Waals surface area contributed by atoms with Gasteiger partial charge in [-0.2, -0.15) is 0 Å². The van der Waals surface area contributed by atoms with Crippen molar-refractivity contribution in [2.75, 3.05) is 23.8 Å². The molecule has 2 heterocycles. The molecule has 2 aromatic heterocycles. The summed E-state index contributed by atoms with van der Waals surface area (Å²) in [5, 5.41) is 3.07. The van der Waals surface area contributed by atoms with Crippen molar-refractivity contribution in [2.45, 2.75) is 27.3 Å². The van der Waals surface area contributed by atoms with Gasteiger partial charge in [0.2, 0.25) is 0 Å². The summed E-state index contributed by atoms with van der Waals surface area (Å²) in [5.41, 5.74) is 2.09. The third-order valence-corrected chi connectivity index (χ3v) is 3.09. The molecule has 0 aliphatic carbocycles. The van der Waals surface area contributed by atoms with E-state index in [1.807, 2.05) is 45.2 Å². The average molecular weight is 271 g/mol. The van der Waals surface area contributed by atoms with Crippen LogP contribution in [0.3, 0.4) is 0 Å². The largest absolute Gasteiger partial charge is 0.373 e. The fourth-order valence-corrected chi connectivity index (χ4v) is 2.08. The van der Waals surface area contributed by atoms with Crippen LogP contribution in [-0.2, 0) is 6.54 Å². The van der Waals surface area contributed by atoms with Gasteiger partial charge in [-0.25, -0.2) is 9.97 Å². The Balaban J connectivity index is 2.26. The zero-order valence-corrected chi connectivity index (χ0v) is 12.5. The Morgan fingerprint density at radius 3 is 2.60 bits per heavy atom. The van der Waals surface area contributed by atoms with E-state index in [4.69, 9.17) is 0 Å². The first kappa shape index (κ1) is 14.2. The molecule has 0 aliphatic heterocycles. The van der Waals surface area contributed by atoms with Gasteiger partial charge in [-0.1, -0.05) is 6.07 Å². The van der Waals surface area contributed by atoms with Crippen LogP contribution in [0.25, 0.3) is 0 Å². The van der Waals surface area contributed by atoms with Crippen molar-refractivity contribution in [3.05, 3.63) is 41.5 Å². The molecule has 106 valence electrons. The maximum atomic E-state index is 4.55. The third-order valence-electron chi connectivity index (χ3n) is 3.09. The van der Waals surface area contributed by atoms with Crippen molar-refractivity contribution < 1.29 is 0 Å². The topological polar surface area (TPSA) is 53.9 Å². The highest BCUT2D eigenvalue weighted by Gasteiger charge is 2.10. The number of aryl methyl sites for hydroxylation is 2. The van der Waals surface area contributed by atoms with Gasteiger partial charge in [-0.05, 0) is 32.9 Å². The molecule has 0 radical (unpaired) electrons. The van der Waals surface area contributed by atoms with Crippen LogP contribution in [0.5, 0.6) is 0 Å². The van der Waals surface area contributed by atoms with E-state index >= 15 is 0 Å². The average Bonchev–Trinajstić information content (AvgIpc) is 2.44. The predicted molar refractivity (Wildman–Crippen MR) is 82.0 cm³/mol. The number of hydrogen-bond acceptors (Lipinski definition) is 5. The van der Waals surface area contributed by atoms with Crippen LogP contribution in [0.1, 0.15) is 24.1 Å². The molecule has 0 atom stereocenters. The van der Waals surface area contributed by atoms with E-state index in [0.29, 0.717) is 0 Å². The highest BCUT2D eigenvalue weighted by molar-refractivity contribution is 5.49. The van der Waals surface area contributed by atoms with Crippen LogP contribution >= 0.6 is 0 Å². The van der Waals surface area contributed by atoms with E-state index in [1.54, 1.807) is 0 Å². The summed E-state index contributed by atoms with van der Waals surface area (Å²) in [4.78, 5) is 15.6. The molecule has 0 fully saturated rings. The highest BCUT2D eigenvalue weighted by atomic mass is 15.2. The normalized spacial score (nSPS) is 10.4. The predicted octanol–water partition coefficient (Wildman–Crippen LogP) is 2.56. The van der Waals surface area contributed by atoms with Crippen molar-refractivity contribution in [3.63, 3.8) is 0 Å². The van der Waals surface area contributed by atoms with E-state index in [9.17, 15) is 0 Å². The highest BCUT2D eigenvalue weighted by Crippen LogP contribution is 2.17. The van der Waals surface area contributed by atoms with Crippen molar-refractivity contribution in [2.24, 2.45) is 0 Å². The number of rotatable bonds is 5. The molecule has 0 amide bonds. The van der Waals surface area contributed by atoms with Gasteiger partial charge in [0.05, 0.1) is 12.2 Å². The molecular formula is C15H21N5. The Morgan fingerprint density at radius 1 is 1.15 bits per heavy atom. The Kier molecular flexibility index (Phi) is 4.50. The zero-order chi connectivity index (χ0) is 14.5. The van der Waals surface area contributed by atoms with Gasteiger partial charge in [0.25, 0.3) is 0 Å². The molecule has 20 heavy (non-hydrogen) atoms. The molecule has 0 aliphatic rings. The van der Waals surface area contributed by atoms with Crippen LogP contribution in [0.2, 0.25) is 0 Å². The smallest absolute Gasteiger partial charge is 0.134 e. The molecule has 0 spiro atoms. The lowest BCUT2D eigenvalue weighted by Crippen LogP contribution is -2.24. The number of anilines is 2. The maximum Gasteiger partial charge on any atom is 0.134 e. The minimum atomic E-state index is 0.748. The zero-order valence-electron chi connectivity index (χ0n) is 12.5. The Labute approximate surface area is 120 Å². The van der Waals surface area contributed by atoms with Gasteiger partial charge < -0.3 is 10.2 Å². The first-order chi connectivity index (χ1) is 9.62. The Bertz CT molecular complexity index is 582. The van der Waals surface area contributed by atoms with Gasteiger partial charge in [-0.3, -0.25) is 4.98 Å². The van der Waals surface area contributed by atoms with Crippen molar-refractivity contribution >= 4 is 11.6 Å². The quantitative estimate of drug-likeness (QED) is 0.905. The lowest BCUT2D eigenvalue weighted by atomic mass is 10.3. The van der Waals surface area contributed by atoms with Gasteiger partial charge in [-0.15, -0.1) is 0 Å². The van der Waals surface area contributed by atoms with E-state index in [-0.39, 0.29) is 0 Å². The summed E-state index contributed by atoms with van der Waals surface area (Å²) >= 11 is 0. The van der Waals surface area contributed by atoms with Crippen molar-refractivity contribution in [1.82, 2.24) is 15.0 Å². The molecule has 0 bridgehead atoms. The minimum absolute atomic E-state index is 0.748. The lowest BCUT2D eigenvalue weighted by Gasteiger charge is -2.22. The molecule has 0 saturated heterocycles. The van der Waals surface area contributed by atoms with Crippen molar-refractivity contribution in [3.8, 4) is 0 Å².